The van der Waals surface area contributed by atoms with E-state index in [1.54, 1.807) is 18.2 Å². The second-order valence-electron chi connectivity index (χ2n) is 4.12. The molecule has 1 aliphatic rings. The highest BCUT2D eigenvalue weighted by atomic mass is 32.2. The summed E-state index contributed by atoms with van der Waals surface area (Å²) in [6.07, 6.45) is 3.63. The van der Waals surface area contributed by atoms with Crippen LogP contribution < -0.4 is 5.32 Å². The molecule has 1 aromatic rings. The molecule has 7 nitrogen and oxygen atoms in total. The highest BCUT2D eigenvalue weighted by molar-refractivity contribution is 8.15. The first-order valence-electron chi connectivity index (χ1n) is 6.04. The van der Waals surface area contributed by atoms with Crippen molar-refractivity contribution in [3.05, 3.63) is 52.6 Å². The van der Waals surface area contributed by atoms with Crippen molar-refractivity contribution in [2.75, 3.05) is 0 Å². The molecule has 108 valence electrons. The van der Waals surface area contributed by atoms with Crippen LogP contribution in [0.5, 0.6) is 0 Å². The van der Waals surface area contributed by atoms with Gasteiger partial charge >= 0.3 is 0 Å². The molecule has 1 atom stereocenters. The maximum absolute atomic E-state index is 11.5. The van der Waals surface area contributed by atoms with E-state index < -0.39 is 4.92 Å². The van der Waals surface area contributed by atoms with E-state index in [0.717, 1.165) is 0 Å². The van der Waals surface area contributed by atoms with Crippen molar-refractivity contribution in [1.29, 1.82) is 0 Å². The van der Waals surface area contributed by atoms with Crippen LogP contribution in [0, 0.1) is 10.1 Å². The molecule has 1 aliphatic heterocycles. The summed E-state index contributed by atoms with van der Waals surface area (Å²) in [6, 6.07) is 6.04. The highest BCUT2D eigenvalue weighted by Crippen LogP contribution is 2.22. The number of nitro groups is 1. The van der Waals surface area contributed by atoms with Gasteiger partial charge in [-0.3, -0.25) is 14.9 Å². The van der Waals surface area contributed by atoms with Gasteiger partial charge in [-0.15, -0.1) is 11.7 Å². The quantitative estimate of drug-likeness (QED) is 0.390. The minimum absolute atomic E-state index is 0.0128. The molecule has 0 spiro atoms. The van der Waals surface area contributed by atoms with E-state index in [2.05, 4.69) is 22.1 Å². The zero-order valence-corrected chi connectivity index (χ0v) is 11.7. The first-order chi connectivity index (χ1) is 10.1. The molecule has 0 unspecified atom stereocenters. The number of non-ortho nitro benzene ring substituents is 1. The molecule has 1 fully saturated rings. The second kappa shape index (κ2) is 6.80. The lowest BCUT2D eigenvalue weighted by molar-refractivity contribution is -0.384. The molecule has 0 radical (unpaired) electrons. The number of amides is 1. The Morgan fingerprint density at radius 2 is 2.33 bits per heavy atom. The van der Waals surface area contributed by atoms with Crippen molar-refractivity contribution in [3.63, 3.8) is 0 Å². The average molecular weight is 304 g/mol. The smallest absolute Gasteiger partial charge is 0.270 e. The molecule has 1 saturated heterocycles. The number of nitrogens with zero attached hydrogens (tertiary/aromatic N) is 3. The Labute approximate surface area is 125 Å². The zero-order chi connectivity index (χ0) is 15.2. The number of nitro benzene ring substituents is 1. The first-order valence-corrected chi connectivity index (χ1v) is 6.92. The molecule has 0 saturated carbocycles. The summed E-state index contributed by atoms with van der Waals surface area (Å²) in [7, 11) is 0. The van der Waals surface area contributed by atoms with E-state index in [4.69, 9.17) is 0 Å². The zero-order valence-electron chi connectivity index (χ0n) is 10.9. The molecule has 1 N–H and O–H groups in total. The molecular weight excluding hydrogens is 292 g/mol. The van der Waals surface area contributed by atoms with E-state index in [0.29, 0.717) is 17.2 Å². The predicted molar refractivity (Wildman–Crippen MR) is 82.5 cm³/mol. The largest absolute Gasteiger partial charge is 0.303 e. The van der Waals surface area contributed by atoms with Crippen LogP contribution in [0.25, 0.3) is 0 Å². The van der Waals surface area contributed by atoms with Crippen molar-refractivity contribution >= 4 is 34.7 Å². The fraction of sp³-hybridized carbons (Fsp3) is 0.154. The van der Waals surface area contributed by atoms with Crippen LogP contribution in [-0.4, -0.2) is 27.5 Å². The van der Waals surface area contributed by atoms with E-state index in [1.807, 2.05) is 0 Å². The molecule has 21 heavy (non-hydrogen) atoms. The second-order valence-corrected chi connectivity index (χ2v) is 5.31. The van der Waals surface area contributed by atoms with Gasteiger partial charge in [0.2, 0.25) is 5.91 Å². The predicted octanol–water partition coefficient (Wildman–Crippen LogP) is 2.09. The van der Waals surface area contributed by atoms with Crippen molar-refractivity contribution in [2.45, 2.75) is 11.7 Å². The van der Waals surface area contributed by atoms with Gasteiger partial charge in [-0.05, 0) is 6.42 Å². The summed E-state index contributed by atoms with van der Waals surface area (Å²) in [5, 5.41) is 21.2. The standard InChI is InChI=1S/C13H12N4O3S/c1-2-4-11-12(18)15-13(21-11)16-14-8-9-5-3-6-10(7-9)17(19)20/h2-3,5-8,11H,1,4H2,(H,15,16,18)/b14-8-/t11-/m0/s1. The van der Waals surface area contributed by atoms with E-state index in [1.165, 1.54) is 30.1 Å². The lowest BCUT2D eigenvalue weighted by Crippen LogP contribution is -2.24. The third-order valence-electron chi connectivity index (χ3n) is 2.59. The summed E-state index contributed by atoms with van der Waals surface area (Å²) in [5.74, 6) is -0.121. The van der Waals surface area contributed by atoms with Gasteiger partial charge in [-0.2, -0.15) is 5.10 Å². The van der Waals surface area contributed by atoms with Crippen molar-refractivity contribution < 1.29 is 9.72 Å². The number of allylic oxidation sites excluding steroid dienone is 1. The number of carbonyl (C=O) groups is 1. The van der Waals surface area contributed by atoms with Gasteiger partial charge in [0.25, 0.3) is 5.69 Å². The summed E-state index contributed by atoms with van der Waals surface area (Å²) in [4.78, 5) is 21.7. The fourth-order valence-corrected chi connectivity index (χ4v) is 2.55. The van der Waals surface area contributed by atoms with E-state index in [9.17, 15) is 14.9 Å². The van der Waals surface area contributed by atoms with Gasteiger partial charge < -0.3 is 5.32 Å². The number of carbonyl (C=O) groups excluding carboxylic acids is 1. The third-order valence-corrected chi connectivity index (χ3v) is 3.69. The Kier molecular flexibility index (Phi) is 4.83. The van der Waals surface area contributed by atoms with Gasteiger partial charge in [0, 0.05) is 17.7 Å². The van der Waals surface area contributed by atoms with E-state index >= 15 is 0 Å². The van der Waals surface area contributed by atoms with Crippen LogP contribution in [0.2, 0.25) is 0 Å². The monoisotopic (exact) mass is 304 g/mol. The molecule has 8 heteroatoms. The number of hydrogen-bond donors (Lipinski definition) is 1. The topological polar surface area (TPSA) is 97.0 Å². The Balaban J connectivity index is 2.04. The van der Waals surface area contributed by atoms with Crippen LogP contribution >= 0.6 is 11.8 Å². The molecule has 0 bridgehead atoms. The van der Waals surface area contributed by atoms with Crippen LogP contribution in [-0.2, 0) is 4.79 Å². The van der Waals surface area contributed by atoms with Crippen LogP contribution in [0.4, 0.5) is 5.69 Å². The molecule has 2 rings (SSSR count). The third kappa shape index (κ3) is 3.99. The van der Waals surface area contributed by atoms with Crippen LogP contribution in [0.1, 0.15) is 12.0 Å². The molecule has 0 aromatic heterocycles. The van der Waals surface area contributed by atoms with Crippen molar-refractivity contribution in [2.24, 2.45) is 10.2 Å². The fourth-order valence-electron chi connectivity index (χ4n) is 1.63. The molecule has 1 aromatic carbocycles. The van der Waals surface area contributed by atoms with Gasteiger partial charge in [-0.1, -0.05) is 30.0 Å². The van der Waals surface area contributed by atoms with Gasteiger partial charge in [-0.25, -0.2) is 0 Å². The normalized spacial score (nSPS) is 19.9. The van der Waals surface area contributed by atoms with Gasteiger partial charge in [0.15, 0.2) is 5.17 Å². The van der Waals surface area contributed by atoms with Gasteiger partial charge in [0.1, 0.15) is 0 Å². The molecule has 1 heterocycles. The summed E-state index contributed by atoms with van der Waals surface area (Å²) >= 11 is 1.28. The number of hydrogen-bond acceptors (Lipinski definition) is 6. The molecule has 0 aliphatic carbocycles. The maximum Gasteiger partial charge on any atom is 0.270 e. The number of nitrogens with one attached hydrogen (secondary N) is 1. The Morgan fingerprint density at radius 3 is 3.05 bits per heavy atom. The van der Waals surface area contributed by atoms with Crippen LogP contribution in [0.15, 0.2) is 47.1 Å². The highest BCUT2D eigenvalue weighted by Gasteiger charge is 2.28. The first kappa shape index (κ1) is 14.9. The summed E-state index contributed by atoms with van der Waals surface area (Å²) in [6.45, 7) is 3.59. The Morgan fingerprint density at radius 1 is 1.52 bits per heavy atom. The minimum atomic E-state index is -0.476. The molecule has 1 amide bonds. The SMILES string of the molecule is C=CC[C@@H]1S/C(=N/N=C\c2cccc([N+](=O)[O-])c2)NC1=O. The lowest BCUT2D eigenvalue weighted by Gasteiger charge is -1.97. The van der Waals surface area contributed by atoms with Crippen molar-refractivity contribution in [3.8, 4) is 0 Å². The summed E-state index contributed by atoms with van der Waals surface area (Å²) in [5.41, 5.74) is 0.548. The maximum atomic E-state index is 11.5. The van der Waals surface area contributed by atoms with Gasteiger partial charge in [0.05, 0.1) is 16.4 Å². The lowest BCUT2D eigenvalue weighted by atomic mass is 10.2. The van der Waals surface area contributed by atoms with Crippen molar-refractivity contribution in [1.82, 2.24) is 5.32 Å². The molecular formula is C13H12N4O3S. The Hall–Kier alpha value is -2.48. The summed E-state index contributed by atoms with van der Waals surface area (Å²) < 4.78 is 0. The van der Waals surface area contributed by atoms with E-state index in [-0.39, 0.29) is 16.8 Å². The minimum Gasteiger partial charge on any atom is -0.303 e. The Bertz CT molecular complexity index is 642. The number of amidine groups is 1. The number of benzene rings is 1. The van der Waals surface area contributed by atoms with Crippen LogP contribution in [0.3, 0.4) is 0 Å². The number of rotatable bonds is 5. The average Bonchev–Trinajstić information content (AvgIpc) is 2.80. The number of thioether (sulfide) groups is 1.